The maximum Gasteiger partial charge on any atom is 0.227 e. The molecule has 0 spiro atoms. The predicted octanol–water partition coefficient (Wildman–Crippen LogP) is 2.98. The molecule has 1 atom stereocenters. The molecule has 92 valence electrons. The van der Waals surface area contributed by atoms with Gasteiger partial charge in [0.15, 0.2) is 0 Å². The van der Waals surface area contributed by atoms with E-state index >= 15 is 0 Å². The van der Waals surface area contributed by atoms with Crippen LogP contribution in [0, 0.1) is 5.92 Å². The van der Waals surface area contributed by atoms with Crippen molar-refractivity contribution in [2.45, 2.75) is 6.42 Å². The van der Waals surface area contributed by atoms with E-state index in [-0.39, 0.29) is 5.91 Å². The molecular weight excluding hydrogens is 292 g/mol. The van der Waals surface area contributed by atoms with Crippen LogP contribution in [0.3, 0.4) is 0 Å². The number of aromatic nitrogens is 1. The molecule has 1 aromatic heterocycles. The molecule has 0 aliphatic carbocycles. The molecule has 1 unspecified atom stereocenters. The Bertz CT molecular complexity index is 594. The van der Waals surface area contributed by atoms with Crippen LogP contribution in [0.25, 0.3) is 10.8 Å². The van der Waals surface area contributed by atoms with Crippen LogP contribution in [0.2, 0.25) is 0 Å². The van der Waals surface area contributed by atoms with Crippen LogP contribution in [0.15, 0.2) is 36.7 Å². The van der Waals surface area contributed by atoms with E-state index in [1.54, 1.807) is 6.20 Å². The Morgan fingerprint density at radius 2 is 2.28 bits per heavy atom. The van der Waals surface area contributed by atoms with Gasteiger partial charge >= 0.3 is 0 Å². The molecule has 18 heavy (non-hydrogen) atoms. The molecule has 1 amide bonds. The smallest absolute Gasteiger partial charge is 0.227 e. The van der Waals surface area contributed by atoms with Gasteiger partial charge in [0.1, 0.15) is 0 Å². The highest BCUT2D eigenvalue weighted by molar-refractivity contribution is 9.09. The van der Waals surface area contributed by atoms with Crippen molar-refractivity contribution in [3.63, 3.8) is 0 Å². The van der Waals surface area contributed by atoms with Gasteiger partial charge in [-0.1, -0.05) is 28.1 Å². The second-order valence-electron chi connectivity index (χ2n) is 4.60. The molecule has 1 fully saturated rings. The molecule has 0 radical (unpaired) electrons. The van der Waals surface area contributed by atoms with Crippen molar-refractivity contribution in [1.82, 2.24) is 4.98 Å². The average Bonchev–Trinajstić information content (AvgIpc) is 2.79. The Morgan fingerprint density at radius 1 is 1.39 bits per heavy atom. The quantitative estimate of drug-likeness (QED) is 0.799. The van der Waals surface area contributed by atoms with E-state index < -0.39 is 0 Å². The van der Waals surface area contributed by atoms with Crippen molar-refractivity contribution in [2.75, 3.05) is 16.8 Å². The topological polar surface area (TPSA) is 33.2 Å². The summed E-state index contributed by atoms with van der Waals surface area (Å²) in [6, 6.07) is 8.01. The number of alkyl halides is 1. The number of rotatable bonds is 2. The fraction of sp³-hybridized carbons (Fsp3) is 0.286. The molecule has 2 aromatic rings. The van der Waals surface area contributed by atoms with Crippen LogP contribution in [0.1, 0.15) is 6.42 Å². The summed E-state index contributed by atoms with van der Waals surface area (Å²) in [5.41, 5.74) is 0.981. The number of halogens is 1. The molecule has 1 saturated heterocycles. The first-order valence-electron chi connectivity index (χ1n) is 5.98. The van der Waals surface area contributed by atoms with Crippen LogP contribution in [-0.4, -0.2) is 22.8 Å². The molecular formula is C14H13BrN2O. The highest BCUT2D eigenvalue weighted by Gasteiger charge is 2.30. The Balaban J connectivity index is 2.07. The summed E-state index contributed by atoms with van der Waals surface area (Å²) in [6.45, 7) is 0.790. The molecule has 3 rings (SSSR count). The van der Waals surface area contributed by atoms with Gasteiger partial charge in [0.05, 0.1) is 5.69 Å². The minimum Gasteiger partial charge on any atom is -0.311 e. The lowest BCUT2D eigenvalue weighted by molar-refractivity contribution is -0.117. The van der Waals surface area contributed by atoms with E-state index in [4.69, 9.17) is 0 Å². The Hall–Kier alpha value is -1.42. The molecule has 0 bridgehead atoms. The third-order valence-corrected chi connectivity index (χ3v) is 4.29. The van der Waals surface area contributed by atoms with E-state index in [0.717, 1.165) is 28.3 Å². The molecule has 0 saturated carbocycles. The van der Waals surface area contributed by atoms with Crippen LogP contribution in [0.5, 0.6) is 0 Å². The minimum atomic E-state index is 0.204. The molecule has 1 aromatic carbocycles. The fourth-order valence-electron chi connectivity index (χ4n) is 2.45. The standard InChI is InChI=1S/C14H13BrN2O/c15-7-10-6-14(18)17(9-10)13-3-1-2-11-4-5-16-8-12(11)13/h1-5,8,10H,6-7,9H2. The normalized spacial score (nSPS) is 19.7. The van der Waals surface area contributed by atoms with E-state index in [1.165, 1.54) is 0 Å². The maximum atomic E-state index is 12.1. The highest BCUT2D eigenvalue weighted by Crippen LogP contribution is 2.31. The number of hydrogen-bond acceptors (Lipinski definition) is 2. The molecule has 4 heteroatoms. The maximum absolute atomic E-state index is 12.1. The lowest BCUT2D eigenvalue weighted by Crippen LogP contribution is -2.24. The van der Waals surface area contributed by atoms with Gasteiger partial charge in [-0.2, -0.15) is 0 Å². The van der Waals surface area contributed by atoms with Gasteiger partial charge < -0.3 is 4.90 Å². The van der Waals surface area contributed by atoms with Gasteiger partial charge in [0.2, 0.25) is 5.91 Å². The molecule has 3 nitrogen and oxygen atoms in total. The first kappa shape index (κ1) is 11.7. The molecule has 1 aliphatic heterocycles. The van der Waals surface area contributed by atoms with Crippen molar-refractivity contribution in [1.29, 1.82) is 0 Å². The van der Waals surface area contributed by atoms with Gasteiger partial charge in [-0.25, -0.2) is 0 Å². The summed E-state index contributed by atoms with van der Waals surface area (Å²) in [7, 11) is 0. The third kappa shape index (κ3) is 1.90. The Morgan fingerprint density at radius 3 is 3.06 bits per heavy atom. The number of carbonyl (C=O) groups excluding carboxylic acids is 1. The van der Waals surface area contributed by atoms with Crippen LogP contribution in [-0.2, 0) is 4.79 Å². The third-order valence-electron chi connectivity index (χ3n) is 3.37. The monoisotopic (exact) mass is 304 g/mol. The zero-order valence-electron chi connectivity index (χ0n) is 9.84. The van der Waals surface area contributed by atoms with Gasteiger partial charge in [0, 0.05) is 36.1 Å². The number of nitrogens with zero attached hydrogens (tertiary/aromatic N) is 2. The van der Waals surface area contributed by atoms with Gasteiger partial charge in [-0.3, -0.25) is 9.78 Å². The number of hydrogen-bond donors (Lipinski definition) is 0. The van der Waals surface area contributed by atoms with Crippen LogP contribution in [0.4, 0.5) is 5.69 Å². The number of amides is 1. The second-order valence-corrected chi connectivity index (χ2v) is 5.25. The summed E-state index contributed by atoms with van der Waals surface area (Å²) in [5.74, 6) is 0.611. The van der Waals surface area contributed by atoms with Crippen LogP contribution < -0.4 is 4.90 Å². The number of fused-ring (bicyclic) bond motifs is 1. The highest BCUT2D eigenvalue weighted by atomic mass is 79.9. The summed E-state index contributed by atoms with van der Waals surface area (Å²) >= 11 is 3.46. The van der Waals surface area contributed by atoms with Crippen molar-refractivity contribution >= 4 is 38.3 Å². The van der Waals surface area contributed by atoms with E-state index in [2.05, 4.69) is 20.9 Å². The lowest BCUT2D eigenvalue weighted by atomic mass is 10.1. The van der Waals surface area contributed by atoms with Crippen molar-refractivity contribution in [2.24, 2.45) is 5.92 Å². The van der Waals surface area contributed by atoms with E-state index in [9.17, 15) is 4.79 Å². The molecule has 1 aliphatic rings. The first-order valence-corrected chi connectivity index (χ1v) is 7.11. The average molecular weight is 305 g/mol. The molecule has 2 heterocycles. The molecule has 0 N–H and O–H groups in total. The fourth-order valence-corrected chi connectivity index (χ4v) is 2.88. The predicted molar refractivity (Wildman–Crippen MR) is 76.0 cm³/mol. The van der Waals surface area contributed by atoms with Crippen molar-refractivity contribution < 1.29 is 4.79 Å². The van der Waals surface area contributed by atoms with Crippen LogP contribution >= 0.6 is 15.9 Å². The Labute approximate surface area is 114 Å². The SMILES string of the molecule is O=C1CC(CBr)CN1c1cccc2ccncc12. The number of carbonyl (C=O) groups is 1. The first-order chi connectivity index (χ1) is 8.79. The van der Waals surface area contributed by atoms with E-state index in [0.29, 0.717) is 12.3 Å². The summed E-state index contributed by atoms with van der Waals surface area (Å²) < 4.78 is 0. The summed E-state index contributed by atoms with van der Waals surface area (Å²) in [6.07, 6.45) is 4.24. The number of anilines is 1. The summed E-state index contributed by atoms with van der Waals surface area (Å²) in [5, 5.41) is 3.04. The summed E-state index contributed by atoms with van der Waals surface area (Å²) in [4.78, 5) is 18.1. The largest absolute Gasteiger partial charge is 0.311 e. The van der Waals surface area contributed by atoms with Gasteiger partial charge in [-0.05, 0) is 23.4 Å². The zero-order valence-corrected chi connectivity index (χ0v) is 11.4. The van der Waals surface area contributed by atoms with Crippen molar-refractivity contribution in [3.8, 4) is 0 Å². The van der Waals surface area contributed by atoms with Crippen molar-refractivity contribution in [3.05, 3.63) is 36.7 Å². The number of pyridine rings is 1. The lowest BCUT2D eigenvalue weighted by Gasteiger charge is -2.18. The van der Waals surface area contributed by atoms with Gasteiger partial charge in [-0.15, -0.1) is 0 Å². The van der Waals surface area contributed by atoms with Gasteiger partial charge in [0.25, 0.3) is 0 Å². The number of benzene rings is 1. The van der Waals surface area contributed by atoms with E-state index in [1.807, 2.05) is 35.4 Å². The minimum absolute atomic E-state index is 0.204. The Kier molecular flexibility index (Phi) is 3.04. The zero-order chi connectivity index (χ0) is 12.5. The second kappa shape index (κ2) is 4.69.